The molecule has 1 aliphatic heterocycles. The number of carbonyl (C=O) groups excluding carboxylic acids is 2. The molecule has 3 atom stereocenters. The lowest BCUT2D eigenvalue weighted by atomic mass is 10.1. The van der Waals surface area contributed by atoms with Crippen LogP contribution in [0.15, 0.2) is 59.5 Å². The van der Waals surface area contributed by atoms with Crippen LogP contribution in [0.4, 0.5) is 14.6 Å². The summed E-state index contributed by atoms with van der Waals surface area (Å²) in [6.07, 6.45) is 10.3. The molecule has 10 heteroatoms. The molecule has 0 aromatic carbocycles. The number of alkyl halides is 2. The van der Waals surface area contributed by atoms with E-state index >= 15 is 0 Å². The standard InChI is InChI=1S/C22H21F2N5O3/c1-4-5-6-7-12(2)22(23,24)15-11-27-20(32-15)19(30)28-17-14-10-13(14)16-18(26-9-8-25-16)29(3)21(17)31/h4-9,11,13-14,17H,2,10H2,1,3H3,(H,28,30)/b5-4-,7-6-/t13-,14+,17+/m1/s1. The molecule has 166 valence electrons. The van der Waals surface area contributed by atoms with Crippen molar-refractivity contribution < 1.29 is 22.8 Å². The summed E-state index contributed by atoms with van der Waals surface area (Å²) in [5, 5.41) is 2.59. The number of hydrogen-bond donors (Lipinski definition) is 1. The van der Waals surface area contributed by atoms with Crippen LogP contribution in [-0.4, -0.2) is 39.9 Å². The van der Waals surface area contributed by atoms with Gasteiger partial charge in [-0.05, 0) is 19.3 Å². The minimum atomic E-state index is -3.55. The maximum Gasteiger partial charge on any atom is 0.330 e. The normalized spacial score (nSPS) is 22.6. The van der Waals surface area contributed by atoms with Gasteiger partial charge in [0.1, 0.15) is 6.04 Å². The first kappa shape index (κ1) is 21.5. The van der Waals surface area contributed by atoms with Crippen LogP contribution in [0.5, 0.6) is 0 Å². The molecule has 8 nitrogen and oxygen atoms in total. The van der Waals surface area contributed by atoms with E-state index in [0.717, 1.165) is 12.3 Å². The maximum absolute atomic E-state index is 14.6. The van der Waals surface area contributed by atoms with Crippen molar-refractivity contribution in [2.45, 2.75) is 31.2 Å². The Kier molecular flexibility index (Phi) is 5.45. The summed E-state index contributed by atoms with van der Waals surface area (Å²) in [4.78, 5) is 39.2. The number of nitrogens with one attached hydrogen (secondary N) is 1. The lowest BCUT2D eigenvalue weighted by Gasteiger charge is -2.22. The van der Waals surface area contributed by atoms with Gasteiger partial charge in [-0.3, -0.25) is 19.5 Å². The van der Waals surface area contributed by atoms with Crippen molar-refractivity contribution >= 4 is 17.6 Å². The maximum atomic E-state index is 14.6. The van der Waals surface area contributed by atoms with Gasteiger partial charge < -0.3 is 9.73 Å². The number of aromatic nitrogens is 3. The Morgan fingerprint density at radius 1 is 1.31 bits per heavy atom. The largest absolute Gasteiger partial charge is 0.431 e. The molecule has 1 N–H and O–H groups in total. The third-order valence-electron chi connectivity index (χ3n) is 5.54. The van der Waals surface area contributed by atoms with Gasteiger partial charge in [0.25, 0.3) is 11.8 Å². The number of hydrogen-bond acceptors (Lipinski definition) is 6. The minimum Gasteiger partial charge on any atom is -0.431 e. The van der Waals surface area contributed by atoms with Gasteiger partial charge in [-0.25, -0.2) is 9.97 Å². The molecule has 2 amide bonds. The number of amides is 2. The molecule has 1 fully saturated rings. The Bertz CT molecular complexity index is 1140. The molecule has 2 aliphatic rings. The van der Waals surface area contributed by atoms with Crippen molar-refractivity contribution in [2.24, 2.45) is 5.92 Å². The quantitative estimate of drug-likeness (QED) is 0.692. The summed E-state index contributed by atoms with van der Waals surface area (Å²) in [5.74, 6) is -5.89. The van der Waals surface area contributed by atoms with Gasteiger partial charge in [0.15, 0.2) is 11.6 Å². The second-order valence-corrected chi connectivity index (χ2v) is 7.63. The van der Waals surface area contributed by atoms with Crippen LogP contribution in [0.3, 0.4) is 0 Å². The van der Waals surface area contributed by atoms with E-state index in [0.29, 0.717) is 17.9 Å². The first-order valence-electron chi connectivity index (χ1n) is 9.98. The highest BCUT2D eigenvalue weighted by Gasteiger charge is 2.53. The van der Waals surface area contributed by atoms with Gasteiger partial charge in [0.05, 0.1) is 11.9 Å². The Labute approximate surface area is 182 Å². The molecule has 3 heterocycles. The molecule has 1 saturated carbocycles. The van der Waals surface area contributed by atoms with E-state index in [-0.39, 0.29) is 17.7 Å². The number of carbonyl (C=O) groups is 2. The summed E-state index contributed by atoms with van der Waals surface area (Å²) in [7, 11) is 1.55. The SMILES string of the molecule is C=C(/C=C\C=C/C)C(F)(F)c1cnc(C(=O)N[C@@H]2C(=O)N(C)c3nccnc3[C@@H]3C[C@H]23)o1. The van der Waals surface area contributed by atoms with Gasteiger partial charge in [-0.15, -0.1) is 0 Å². The molecular formula is C22H21F2N5O3. The smallest absolute Gasteiger partial charge is 0.330 e. The summed E-state index contributed by atoms with van der Waals surface area (Å²) in [5.41, 5.74) is 0.186. The van der Waals surface area contributed by atoms with Gasteiger partial charge in [0, 0.05) is 30.9 Å². The number of halogens is 2. The Balaban J connectivity index is 1.51. The fraction of sp³-hybridized carbons (Fsp3) is 0.318. The molecular weight excluding hydrogens is 420 g/mol. The van der Waals surface area contributed by atoms with Gasteiger partial charge in [-0.2, -0.15) is 8.78 Å². The molecule has 4 rings (SSSR count). The van der Waals surface area contributed by atoms with E-state index in [4.69, 9.17) is 4.42 Å². The van der Waals surface area contributed by atoms with E-state index in [2.05, 4.69) is 26.8 Å². The van der Waals surface area contributed by atoms with E-state index < -0.39 is 35.1 Å². The zero-order chi connectivity index (χ0) is 23.0. The van der Waals surface area contributed by atoms with Gasteiger partial charge in [0.2, 0.25) is 0 Å². The summed E-state index contributed by atoms with van der Waals surface area (Å²) < 4.78 is 34.2. The van der Waals surface area contributed by atoms with Gasteiger partial charge in [-0.1, -0.05) is 30.9 Å². The molecule has 1 aliphatic carbocycles. The first-order valence-corrected chi connectivity index (χ1v) is 9.98. The zero-order valence-electron chi connectivity index (χ0n) is 17.5. The molecule has 32 heavy (non-hydrogen) atoms. The van der Waals surface area contributed by atoms with E-state index in [1.165, 1.54) is 17.2 Å². The fourth-order valence-electron chi connectivity index (χ4n) is 3.70. The van der Waals surface area contributed by atoms with Crippen molar-refractivity contribution in [2.75, 3.05) is 11.9 Å². The van der Waals surface area contributed by atoms with Crippen LogP contribution >= 0.6 is 0 Å². The molecule has 0 spiro atoms. The summed E-state index contributed by atoms with van der Waals surface area (Å²) in [6, 6.07) is -0.872. The van der Waals surface area contributed by atoms with Crippen LogP contribution in [0.1, 0.15) is 41.4 Å². The van der Waals surface area contributed by atoms with Crippen LogP contribution in [-0.2, 0) is 10.7 Å². The topological polar surface area (TPSA) is 101 Å². The third kappa shape index (κ3) is 3.72. The second kappa shape index (κ2) is 8.10. The molecule has 0 bridgehead atoms. The van der Waals surface area contributed by atoms with Crippen LogP contribution in [0.25, 0.3) is 0 Å². The van der Waals surface area contributed by atoms with Crippen LogP contribution < -0.4 is 10.2 Å². The third-order valence-corrected chi connectivity index (χ3v) is 5.54. The Morgan fingerprint density at radius 2 is 2.06 bits per heavy atom. The number of fused-ring (bicyclic) bond motifs is 3. The van der Waals surface area contributed by atoms with Crippen molar-refractivity contribution in [3.63, 3.8) is 0 Å². The molecule has 2 aromatic heterocycles. The Morgan fingerprint density at radius 3 is 2.81 bits per heavy atom. The van der Waals surface area contributed by atoms with Crippen molar-refractivity contribution in [1.82, 2.24) is 20.3 Å². The molecule has 0 saturated heterocycles. The number of oxazole rings is 1. The number of anilines is 1. The van der Waals surface area contributed by atoms with Gasteiger partial charge >= 0.3 is 11.8 Å². The number of rotatable bonds is 6. The first-order chi connectivity index (χ1) is 15.3. The van der Waals surface area contributed by atoms with Crippen molar-refractivity contribution in [3.05, 3.63) is 72.4 Å². The Hall–Kier alpha value is -3.69. The average molecular weight is 441 g/mol. The second-order valence-electron chi connectivity index (χ2n) is 7.63. The van der Waals surface area contributed by atoms with Crippen molar-refractivity contribution in [3.8, 4) is 0 Å². The number of nitrogens with zero attached hydrogens (tertiary/aromatic N) is 4. The lowest BCUT2D eigenvalue weighted by molar-refractivity contribution is -0.120. The molecule has 0 unspecified atom stereocenters. The molecule has 0 radical (unpaired) electrons. The zero-order valence-corrected chi connectivity index (χ0v) is 17.5. The fourth-order valence-corrected chi connectivity index (χ4v) is 3.70. The highest BCUT2D eigenvalue weighted by Crippen LogP contribution is 2.53. The number of allylic oxidation sites excluding steroid dienone is 5. The molecule has 2 aromatic rings. The highest BCUT2D eigenvalue weighted by atomic mass is 19.3. The highest BCUT2D eigenvalue weighted by molar-refractivity contribution is 6.02. The predicted molar refractivity (Wildman–Crippen MR) is 111 cm³/mol. The van der Waals surface area contributed by atoms with Crippen LogP contribution in [0.2, 0.25) is 0 Å². The summed E-state index contributed by atoms with van der Waals surface area (Å²) >= 11 is 0. The minimum absolute atomic E-state index is 0.0189. The van der Waals surface area contributed by atoms with E-state index in [1.807, 2.05) is 0 Å². The summed E-state index contributed by atoms with van der Waals surface area (Å²) in [6.45, 7) is 5.11. The van der Waals surface area contributed by atoms with E-state index in [9.17, 15) is 18.4 Å². The van der Waals surface area contributed by atoms with E-state index in [1.54, 1.807) is 32.3 Å². The number of likely N-dealkylation sites (N-methyl/N-ethyl adjacent to an activating group) is 1. The monoisotopic (exact) mass is 441 g/mol. The lowest BCUT2D eigenvalue weighted by Crippen LogP contribution is -2.48. The van der Waals surface area contributed by atoms with Crippen LogP contribution in [0, 0.1) is 5.92 Å². The average Bonchev–Trinajstić information content (AvgIpc) is 3.41. The van der Waals surface area contributed by atoms with Crippen molar-refractivity contribution in [1.29, 1.82) is 0 Å². The predicted octanol–water partition coefficient (Wildman–Crippen LogP) is 3.12.